The molecule has 1 aromatic rings. The van der Waals surface area contributed by atoms with Crippen molar-refractivity contribution in [1.82, 2.24) is 0 Å². The van der Waals surface area contributed by atoms with Crippen LogP contribution in [0.15, 0.2) is 18.2 Å². The highest BCUT2D eigenvalue weighted by Crippen LogP contribution is 2.22. The molecular weight excluding hydrogens is 220 g/mol. The van der Waals surface area contributed by atoms with Gasteiger partial charge in [0.15, 0.2) is 0 Å². The van der Waals surface area contributed by atoms with Crippen molar-refractivity contribution in [3.05, 3.63) is 23.8 Å². The first-order chi connectivity index (χ1) is 8.19. The Morgan fingerprint density at radius 3 is 2.94 bits per heavy atom. The number of anilines is 1. The lowest BCUT2D eigenvalue weighted by Gasteiger charge is -2.07. The van der Waals surface area contributed by atoms with Crippen LogP contribution in [0.3, 0.4) is 0 Å². The second-order valence-corrected chi connectivity index (χ2v) is 3.35. The number of carbonyl (C=O) groups is 1. The summed E-state index contributed by atoms with van der Waals surface area (Å²) in [7, 11) is 1.48. The number of methoxy groups -OCH3 is 1. The number of unbranched alkanes of at least 4 members (excludes halogenated alkanes) is 1. The lowest BCUT2D eigenvalue weighted by Crippen LogP contribution is -2.07. The summed E-state index contributed by atoms with van der Waals surface area (Å²) in [5.74, 6) is -0.00212. The highest BCUT2D eigenvalue weighted by atomic mass is 16.5. The minimum Gasteiger partial charge on any atom is -0.495 e. The van der Waals surface area contributed by atoms with E-state index < -0.39 is 5.97 Å². The van der Waals surface area contributed by atoms with Crippen LogP contribution in [0.2, 0.25) is 0 Å². The predicted octanol–water partition coefficient (Wildman–Crippen LogP) is 1.74. The number of benzene rings is 1. The van der Waals surface area contributed by atoms with Gasteiger partial charge in [-0.05, 0) is 24.6 Å². The number of ether oxygens (including phenoxy) is 2. The second-order valence-electron chi connectivity index (χ2n) is 3.35. The molecular formula is C12H14N2O3. The summed E-state index contributed by atoms with van der Waals surface area (Å²) in [6.45, 7) is 0.235. The maximum absolute atomic E-state index is 11.6. The molecule has 0 unspecified atom stereocenters. The number of carbonyl (C=O) groups excluding carboxylic acids is 1. The van der Waals surface area contributed by atoms with Crippen molar-refractivity contribution in [2.75, 3.05) is 19.5 Å². The van der Waals surface area contributed by atoms with Crippen LogP contribution in [-0.4, -0.2) is 19.7 Å². The molecule has 0 spiro atoms. The summed E-state index contributed by atoms with van der Waals surface area (Å²) in [4.78, 5) is 11.6. The molecule has 0 saturated heterocycles. The average Bonchev–Trinajstić information content (AvgIpc) is 2.35. The highest BCUT2D eigenvalue weighted by molar-refractivity contribution is 5.90. The maximum Gasteiger partial charge on any atom is 0.338 e. The molecule has 90 valence electrons. The van der Waals surface area contributed by atoms with Crippen molar-refractivity contribution < 1.29 is 14.3 Å². The van der Waals surface area contributed by atoms with Crippen molar-refractivity contribution in [1.29, 1.82) is 5.26 Å². The third kappa shape index (κ3) is 3.68. The molecule has 0 aliphatic rings. The van der Waals surface area contributed by atoms with Gasteiger partial charge in [0.1, 0.15) is 5.75 Å². The summed E-state index contributed by atoms with van der Waals surface area (Å²) < 4.78 is 9.99. The fourth-order valence-electron chi connectivity index (χ4n) is 1.24. The summed E-state index contributed by atoms with van der Waals surface area (Å²) in [5.41, 5.74) is 6.48. The van der Waals surface area contributed by atoms with Gasteiger partial charge in [0.25, 0.3) is 0 Å². The van der Waals surface area contributed by atoms with E-state index in [2.05, 4.69) is 0 Å². The van der Waals surface area contributed by atoms with Gasteiger partial charge in [-0.2, -0.15) is 5.26 Å². The normalized spacial score (nSPS) is 9.41. The molecule has 5 heteroatoms. The fourth-order valence-corrected chi connectivity index (χ4v) is 1.24. The largest absolute Gasteiger partial charge is 0.495 e. The Morgan fingerprint density at radius 2 is 2.29 bits per heavy atom. The van der Waals surface area contributed by atoms with Gasteiger partial charge in [-0.3, -0.25) is 0 Å². The van der Waals surface area contributed by atoms with E-state index in [-0.39, 0.29) is 6.61 Å². The van der Waals surface area contributed by atoms with Gasteiger partial charge in [0.05, 0.1) is 31.0 Å². The van der Waals surface area contributed by atoms with Crippen molar-refractivity contribution in [2.45, 2.75) is 12.8 Å². The van der Waals surface area contributed by atoms with E-state index >= 15 is 0 Å². The smallest absolute Gasteiger partial charge is 0.338 e. The molecule has 0 atom stereocenters. The Hall–Kier alpha value is -2.22. The Morgan fingerprint density at radius 1 is 1.53 bits per heavy atom. The van der Waals surface area contributed by atoms with Gasteiger partial charge in [0.2, 0.25) is 0 Å². The summed E-state index contributed by atoms with van der Waals surface area (Å²) in [6, 6.07) is 6.67. The molecule has 0 bridgehead atoms. The van der Waals surface area contributed by atoms with Crippen LogP contribution in [0.25, 0.3) is 0 Å². The van der Waals surface area contributed by atoms with Crippen LogP contribution in [-0.2, 0) is 4.74 Å². The molecule has 1 aromatic carbocycles. The molecule has 0 heterocycles. The van der Waals surface area contributed by atoms with E-state index in [0.717, 1.165) is 0 Å². The minimum atomic E-state index is -0.443. The number of rotatable bonds is 5. The molecule has 0 fully saturated rings. The number of nitrogen functional groups attached to an aromatic ring is 1. The van der Waals surface area contributed by atoms with Gasteiger partial charge in [0, 0.05) is 6.42 Å². The first-order valence-corrected chi connectivity index (χ1v) is 5.16. The zero-order valence-electron chi connectivity index (χ0n) is 9.60. The van der Waals surface area contributed by atoms with E-state index in [9.17, 15) is 4.79 Å². The van der Waals surface area contributed by atoms with Gasteiger partial charge in [-0.15, -0.1) is 0 Å². The van der Waals surface area contributed by atoms with E-state index in [0.29, 0.717) is 29.8 Å². The van der Waals surface area contributed by atoms with Crippen LogP contribution in [0, 0.1) is 11.3 Å². The number of esters is 1. The van der Waals surface area contributed by atoms with Crippen LogP contribution >= 0.6 is 0 Å². The lowest BCUT2D eigenvalue weighted by atomic mass is 10.2. The van der Waals surface area contributed by atoms with E-state index in [1.165, 1.54) is 13.2 Å². The summed E-state index contributed by atoms with van der Waals surface area (Å²) in [5, 5.41) is 8.33. The first-order valence-electron chi connectivity index (χ1n) is 5.16. The number of nitrogens with zero attached hydrogens (tertiary/aromatic N) is 1. The minimum absolute atomic E-state index is 0.235. The SMILES string of the molecule is COc1cc(C(=O)OCCCC#N)ccc1N. The summed E-state index contributed by atoms with van der Waals surface area (Å²) >= 11 is 0. The quantitative estimate of drug-likeness (QED) is 0.476. The van der Waals surface area contributed by atoms with Crippen LogP contribution in [0.5, 0.6) is 5.75 Å². The molecule has 17 heavy (non-hydrogen) atoms. The second kappa shape index (κ2) is 6.38. The molecule has 0 amide bonds. The van der Waals surface area contributed by atoms with Gasteiger partial charge < -0.3 is 15.2 Å². The maximum atomic E-state index is 11.6. The molecule has 2 N–H and O–H groups in total. The Labute approximate surface area is 99.7 Å². The Bertz CT molecular complexity index is 438. The standard InChI is InChI=1S/C12H14N2O3/c1-16-11-8-9(4-5-10(11)14)12(15)17-7-3-2-6-13/h4-5,8H,2-3,7,14H2,1H3. The number of nitrogens with two attached hydrogens (primary N) is 1. The van der Waals surface area contributed by atoms with Crippen molar-refractivity contribution >= 4 is 11.7 Å². The topological polar surface area (TPSA) is 85.3 Å². The molecule has 0 aliphatic carbocycles. The monoisotopic (exact) mass is 234 g/mol. The summed E-state index contributed by atoms with van der Waals surface area (Å²) in [6.07, 6.45) is 0.909. The third-order valence-electron chi connectivity index (χ3n) is 2.14. The van der Waals surface area contributed by atoms with Gasteiger partial charge >= 0.3 is 5.97 Å². The third-order valence-corrected chi connectivity index (χ3v) is 2.14. The Balaban J connectivity index is 2.60. The Kier molecular flexibility index (Phi) is 4.82. The molecule has 0 aromatic heterocycles. The van der Waals surface area contributed by atoms with Crippen molar-refractivity contribution in [2.24, 2.45) is 0 Å². The first kappa shape index (κ1) is 12.8. The zero-order valence-corrected chi connectivity index (χ0v) is 9.60. The van der Waals surface area contributed by atoms with Crippen molar-refractivity contribution in [3.63, 3.8) is 0 Å². The fraction of sp³-hybridized carbons (Fsp3) is 0.333. The average molecular weight is 234 g/mol. The number of nitriles is 1. The zero-order chi connectivity index (χ0) is 12.7. The van der Waals surface area contributed by atoms with Gasteiger partial charge in [-0.25, -0.2) is 4.79 Å². The number of hydrogen-bond donors (Lipinski definition) is 1. The molecule has 0 radical (unpaired) electrons. The van der Waals surface area contributed by atoms with Crippen LogP contribution < -0.4 is 10.5 Å². The van der Waals surface area contributed by atoms with Crippen molar-refractivity contribution in [3.8, 4) is 11.8 Å². The van der Waals surface area contributed by atoms with Crippen LogP contribution in [0.1, 0.15) is 23.2 Å². The lowest BCUT2D eigenvalue weighted by molar-refractivity contribution is 0.0501. The molecule has 0 saturated carbocycles. The van der Waals surface area contributed by atoms with E-state index in [4.69, 9.17) is 20.5 Å². The van der Waals surface area contributed by atoms with E-state index in [1.54, 1.807) is 12.1 Å². The van der Waals surface area contributed by atoms with Gasteiger partial charge in [-0.1, -0.05) is 0 Å². The number of hydrogen-bond acceptors (Lipinski definition) is 5. The van der Waals surface area contributed by atoms with Crippen LogP contribution in [0.4, 0.5) is 5.69 Å². The molecule has 1 rings (SSSR count). The van der Waals surface area contributed by atoms with E-state index in [1.807, 2.05) is 6.07 Å². The molecule has 5 nitrogen and oxygen atoms in total. The predicted molar refractivity (Wildman–Crippen MR) is 62.5 cm³/mol. The highest BCUT2D eigenvalue weighted by Gasteiger charge is 2.09. The molecule has 0 aliphatic heterocycles.